The Kier molecular flexibility index (Phi) is 5.82. The fourth-order valence-electron chi connectivity index (χ4n) is 2.24. The van der Waals surface area contributed by atoms with Crippen LogP contribution in [-0.4, -0.2) is 34.1 Å². The quantitative estimate of drug-likeness (QED) is 0.723. The maximum Gasteiger partial charge on any atom is 0.349 e. The van der Waals surface area contributed by atoms with Gasteiger partial charge in [0.2, 0.25) is 0 Å². The van der Waals surface area contributed by atoms with Gasteiger partial charge in [-0.1, -0.05) is 0 Å². The van der Waals surface area contributed by atoms with E-state index in [1.807, 2.05) is 20.8 Å². The zero-order valence-corrected chi connectivity index (χ0v) is 16.9. The molecule has 0 aliphatic carbocycles. The molecule has 0 spiro atoms. The number of ether oxygens (including phenoxy) is 2. The van der Waals surface area contributed by atoms with Crippen LogP contribution < -0.4 is 14.8 Å². The lowest BCUT2D eigenvalue weighted by atomic mass is 10.1. The van der Waals surface area contributed by atoms with Gasteiger partial charge < -0.3 is 14.8 Å². The van der Waals surface area contributed by atoms with Crippen molar-refractivity contribution in [2.45, 2.75) is 31.2 Å². The summed E-state index contributed by atoms with van der Waals surface area (Å²) < 4.78 is 37.8. The highest BCUT2D eigenvalue weighted by Crippen LogP contribution is 2.32. The predicted molar refractivity (Wildman–Crippen MR) is 103 cm³/mol. The Morgan fingerprint density at radius 1 is 1.15 bits per heavy atom. The van der Waals surface area contributed by atoms with E-state index in [-0.39, 0.29) is 21.0 Å². The van der Waals surface area contributed by atoms with E-state index in [1.165, 1.54) is 25.7 Å². The molecule has 0 aliphatic heterocycles. The number of rotatable bonds is 6. The van der Waals surface area contributed by atoms with E-state index in [0.717, 1.165) is 17.0 Å². The van der Waals surface area contributed by atoms with E-state index in [9.17, 15) is 13.2 Å². The van der Waals surface area contributed by atoms with Gasteiger partial charge in [0.05, 0.1) is 19.9 Å². The van der Waals surface area contributed by atoms with E-state index in [2.05, 4.69) is 14.8 Å². The zero-order valence-electron chi connectivity index (χ0n) is 15.2. The highest BCUT2D eigenvalue weighted by atomic mass is 32.2. The van der Waals surface area contributed by atoms with Gasteiger partial charge in [-0.3, -0.25) is 4.72 Å². The van der Waals surface area contributed by atoms with E-state index in [0.29, 0.717) is 5.75 Å². The Morgan fingerprint density at radius 3 is 2.42 bits per heavy atom. The number of nitrogens with one attached hydrogen (secondary N) is 2. The lowest BCUT2D eigenvalue weighted by Gasteiger charge is -2.23. The third kappa shape index (κ3) is 4.67. The van der Waals surface area contributed by atoms with Crippen LogP contribution in [0.25, 0.3) is 0 Å². The number of sulfonamides is 1. The van der Waals surface area contributed by atoms with Crippen LogP contribution in [0.4, 0.5) is 11.4 Å². The van der Waals surface area contributed by atoms with Crippen molar-refractivity contribution >= 4 is 38.7 Å². The van der Waals surface area contributed by atoms with Crippen LogP contribution in [0.15, 0.2) is 34.5 Å². The van der Waals surface area contributed by atoms with Crippen LogP contribution in [0.2, 0.25) is 0 Å². The molecule has 0 unspecified atom stereocenters. The van der Waals surface area contributed by atoms with Gasteiger partial charge in [-0.15, -0.1) is 11.3 Å². The summed E-state index contributed by atoms with van der Waals surface area (Å²) in [4.78, 5) is 11.6. The van der Waals surface area contributed by atoms with Crippen molar-refractivity contribution < 1.29 is 22.7 Å². The number of hydrogen-bond acceptors (Lipinski definition) is 7. The molecule has 2 aromatic rings. The van der Waals surface area contributed by atoms with Gasteiger partial charge in [0.15, 0.2) is 0 Å². The maximum absolute atomic E-state index is 12.7. The molecule has 1 aromatic carbocycles. The normalized spacial score (nSPS) is 11.7. The van der Waals surface area contributed by atoms with Crippen molar-refractivity contribution in [3.8, 4) is 5.75 Å². The third-order valence-electron chi connectivity index (χ3n) is 3.25. The topological polar surface area (TPSA) is 93.7 Å². The first-order valence-electron chi connectivity index (χ1n) is 7.72. The summed E-state index contributed by atoms with van der Waals surface area (Å²) in [5, 5.41) is 4.81. The molecule has 0 amide bonds. The summed E-state index contributed by atoms with van der Waals surface area (Å²) in [5.74, 6) is -0.338. The third-order valence-corrected chi connectivity index (χ3v) is 5.69. The molecule has 0 saturated carbocycles. The molecule has 0 radical (unpaired) electrons. The molecule has 9 heteroatoms. The SMILES string of the molecule is COC(=O)c1sccc1S(=O)(=O)Nc1ccc(NC(C)(C)C)cc1OC. The smallest absolute Gasteiger partial charge is 0.349 e. The molecular formula is C17H22N2O5S2. The number of esters is 1. The first kappa shape index (κ1) is 20.1. The van der Waals surface area contributed by atoms with Crippen LogP contribution in [0.1, 0.15) is 30.4 Å². The average Bonchev–Trinajstić information content (AvgIpc) is 3.04. The maximum atomic E-state index is 12.7. The molecule has 0 bridgehead atoms. The number of thiophene rings is 1. The minimum atomic E-state index is -3.98. The molecule has 2 rings (SSSR count). The molecule has 1 heterocycles. The summed E-state index contributed by atoms with van der Waals surface area (Å²) in [6.45, 7) is 6.04. The number of carbonyl (C=O) groups excluding carboxylic acids is 1. The highest BCUT2D eigenvalue weighted by Gasteiger charge is 2.25. The average molecular weight is 399 g/mol. The van der Waals surface area contributed by atoms with Crippen LogP contribution in [0.3, 0.4) is 0 Å². The molecule has 26 heavy (non-hydrogen) atoms. The van der Waals surface area contributed by atoms with Gasteiger partial charge in [-0.05, 0) is 44.4 Å². The molecule has 7 nitrogen and oxygen atoms in total. The molecule has 2 N–H and O–H groups in total. The van der Waals surface area contributed by atoms with E-state index in [1.54, 1.807) is 18.2 Å². The Bertz CT molecular complexity index is 898. The van der Waals surface area contributed by atoms with Gasteiger partial charge in [0.1, 0.15) is 15.5 Å². The summed E-state index contributed by atoms with van der Waals surface area (Å²) >= 11 is 1.00. The van der Waals surface area contributed by atoms with Crippen molar-refractivity contribution in [3.63, 3.8) is 0 Å². The van der Waals surface area contributed by atoms with E-state index in [4.69, 9.17) is 4.74 Å². The van der Waals surface area contributed by atoms with Crippen LogP contribution in [0, 0.1) is 0 Å². The molecule has 142 valence electrons. The molecule has 0 aliphatic rings. The van der Waals surface area contributed by atoms with Crippen molar-refractivity contribution in [1.82, 2.24) is 0 Å². The van der Waals surface area contributed by atoms with Gasteiger partial charge in [0, 0.05) is 17.3 Å². The van der Waals surface area contributed by atoms with Crippen molar-refractivity contribution in [1.29, 1.82) is 0 Å². The Morgan fingerprint density at radius 2 is 1.85 bits per heavy atom. The molecule has 1 aromatic heterocycles. The van der Waals surface area contributed by atoms with Crippen molar-refractivity contribution in [2.24, 2.45) is 0 Å². The summed E-state index contributed by atoms with van der Waals surface area (Å²) in [6.07, 6.45) is 0. The monoisotopic (exact) mass is 398 g/mol. The Labute approximate surface area is 157 Å². The first-order valence-corrected chi connectivity index (χ1v) is 10.1. The number of hydrogen-bond donors (Lipinski definition) is 2. The number of carbonyl (C=O) groups is 1. The van der Waals surface area contributed by atoms with Crippen LogP contribution in [-0.2, 0) is 14.8 Å². The largest absolute Gasteiger partial charge is 0.494 e. The second-order valence-electron chi connectivity index (χ2n) is 6.50. The zero-order chi connectivity index (χ0) is 19.5. The molecule has 0 atom stereocenters. The highest BCUT2D eigenvalue weighted by molar-refractivity contribution is 7.93. The second-order valence-corrected chi connectivity index (χ2v) is 9.07. The van der Waals surface area contributed by atoms with Crippen molar-refractivity contribution in [2.75, 3.05) is 24.3 Å². The lowest BCUT2D eigenvalue weighted by Crippen LogP contribution is -2.26. The van der Waals surface area contributed by atoms with E-state index >= 15 is 0 Å². The summed E-state index contributed by atoms with van der Waals surface area (Å²) in [5.41, 5.74) is 0.912. The number of benzene rings is 1. The van der Waals surface area contributed by atoms with Crippen LogP contribution in [0.5, 0.6) is 5.75 Å². The number of methoxy groups -OCH3 is 2. The molecular weight excluding hydrogens is 376 g/mol. The second kappa shape index (κ2) is 7.55. The van der Waals surface area contributed by atoms with Gasteiger partial charge >= 0.3 is 5.97 Å². The van der Waals surface area contributed by atoms with E-state index < -0.39 is 16.0 Å². The molecule has 0 saturated heterocycles. The minimum absolute atomic E-state index is 0.0185. The predicted octanol–water partition coefficient (Wildman–Crippen LogP) is 3.55. The Balaban J connectivity index is 2.35. The van der Waals surface area contributed by atoms with Gasteiger partial charge in [-0.25, -0.2) is 13.2 Å². The van der Waals surface area contributed by atoms with Gasteiger partial charge in [0.25, 0.3) is 10.0 Å². The fraction of sp³-hybridized carbons (Fsp3) is 0.353. The summed E-state index contributed by atoms with van der Waals surface area (Å²) in [7, 11) is -1.32. The first-order chi connectivity index (χ1) is 12.1. The summed E-state index contributed by atoms with van der Waals surface area (Å²) in [6, 6.07) is 6.42. The number of anilines is 2. The van der Waals surface area contributed by atoms with Crippen molar-refractivity contribution in [3.05, 3.63) is 34.5 Å². The Hall–Kier alpha value is -2.26. The van der Waals surface area contributed by atoms with Gasteiger partial charge in [-0.2, -0.15) is 0 Å². The molecule has 0 fully saturated rings. The fourth-order valence-corrected chi connectivity index (χ4v) is 4.64. The minimum Gasteiger partial charge on any atom is -0.494 e. The standard InChI is InChI=1S/C17H22N2O5S2/c1-17(2,3)18-11-6-7-12(13(10-11)23-4)19-26(21,22)14-8-9-25-15(14)16(20)24-5/h6-10,18-19H,1-5H3. The lowest BCUT2D eigenvalue weighted by molar-refractivity contribution is 0.0602. The van der Waals surface area contributed by atoms with Crippen LogP contribution >= 0.6 is 11.3 Å².